The van der Waals surface area contributed by atoms with Crippen LogP contribution in [0.2, 0.25) is 0 Å². The van der Waals surface area contributed by atoms with E-state index in [1.54, 1.807) is 0 Å². The first-order valence-corrected chi connectivity index (χ1v) is 3.78. The molecule has 0 aromatic carbocycles. The van der Waals surface area contributed by atoms with Gasteiger partial charge in [0.05, 0.1) is 19.6 Å². The van der Waals surface area contributed by atoms with E-state index < -0.39 is 0 Å². The summed E-state index contributed by atoms with van der Waals surface area (Å²) in [6, 6.07) is 0. The third-order valence-corrected chi connectivity index (χ3v) is 2.92. The average Bonchev–Trinajstić information content (AvgIpc) is 2.49. The highest BCUT2D eigenvalue weighted by Gasteiger charge is 2.51. The van der Waals surface area contributed by atoms with E-state index in [0.29, 0.717) is 5.54 Å². The summed E-state index contributed by atoms with van der Waals surface area (Å²) in [4.78, 5) is 0. The predicted molar refractivity (Wildman–Crippen MR) is 43.4 cm³/mol. The zero-order chi connectivity index (χ0) is 7.83. The first-order chi connectivity index (χ1) is 4.52. The Bertz CT molecular complexity index is 170. The molecule has 10 heavy (non-hydrogen) atoms. The van der Waals surface area contributed by atoms with Gasteiger partial charge in [-0.25, -0.2) is 0 Å². The molecule has 0 bridgehead atoms. The van der Waals surface area contributed by atoms with Crippen LogP contribution in [-0.4, -0.2) is 30.7 Å². The van der Waals surface area contributed by atoms with Crippen molar-refractivity contribution < 1.29 is 4.48 Å². The Morgan fingerprint density at radius 3 is 2.30 bits per heavy atom. The second-order valence-electron chi connectivity index (χ2n) is 4.04. The van der Waals surface area contributed by atoms with E-state index in [1.807, 2.05) is 0 Å². The lowest BCUT2D eigenvalue weighted by Crippen LogP contribution is -2.49. The Balaban J connectivity index is 2.60. The van der Waals surface area contributed by atoms with Crippen LogP contribution in [-0.2, 0) is 0 Å². The normalized spacial score (nSPS) is 21.8. The molecule has 0 radical (unpaired) electrons. The van der Waals surface area contributed by atoms with Crippen LogP contribution >= 0.6 is 0 Å². The summed E-state index contributed by atoms with van der Waals surface area (Å²) in [5, 5.41) is 0. The number of terminal acetylenes is 1. The molecular weight excluding hydrogens is 122 g/mol. The van der Waals surface area contributed by atoms with Gasteiger partial charge in [-0.1, -0.05) is 0 Å². The van der Waals surface area contributed by atoms with Crippen molar-refractivity contribution in [2.24, 2.45) is 0 Å². The molecule has 0 atom stereocenters. The van der Waals surface area contributed by atoms with Gasteiger partial charge >= 0.3 is 0 Å². The highest BCUT2D eigenvalue weighted by molar-refractivity contribution is 4.94. The lowest BCUT2D eigenvalue weighted by atomic mass is 10.2. The Labute approximate surface area is 63.6 Å². The minimum atomic E-state index is 0.492. The van der Waals surface area contributed by atoms with Gasteiger partial charge in [0.25, 0.3) is 0 Å². The Morgan fingerprint density at radius 1 is 1.50 bits per heavy atom. The van der Waals surface area contributed by atoms with Crippen LogP contribution in [0, 0.1) is 12.3 Å². The number of nitrogens with zero attached hydrogens (tertiary/aromatic N) is 1. The van der Waals surface area contributed by atoms with E-state index in [4.69, 9.17) is 6.42 Å². The van der Waals surface area contributed by atoms with E-state index in [9.17, 15) is 0 Å². The maximum absolute atomic E-state index is 5.27. The number of hydrogen-bond acceptors (Lipinski definition) is 0. The van der Waals surface area contributed by atoms with Crippen molar-refractivity contribution in [3.8, 4) is 12.3 Å². The van der Waals surface area contributed by atoms with Gasteiger partial charge in [0.1, 0.15) is 6.54 Å². The van der Waals surface area contributed by atoms with Gasteiger partial charge in [0, 0.05) is 12.8 Å². The van der Waals surface area contributed by atoms with Crippen LogP contribution in [0.15, 0.2) is 0 Å². The minimum Gasteiger partial charge on any atom is -0.314 e. The van der Waals surface area contributed by atoms with Crippen LogP contribution in [0.4, 0.5) is 0 Å². The molecule has 0 unspecified atom stereocenters. The molecule has 1 rings (SSSR count). The molecular formula is C9H16N+. The highest BCUT2D eigenvalue weighted by Crippen LogP contribution is 2.43. The Morgan fingerprint density at radius 2 is 2.00 bits per heavy atom. The summed E-state index contributed by atoms with van der Waals surface area (Å²) in [6.07, 6.45) is 7.94. The number of hydrogen-bond donors (Lipinski definition) is 0. The lowest BCUT2D eigenvalue weighted by Gasteiger charge is -2.34. The molecule has 0 heterocycles. The monoisotopic (exact) mass is 138 g/mol. The highest BCUT2D eigenvalue weighted by atomic mass is 15.4. The maximum Gasteiger partial charge on any atom is 0.140 e. The summed E-state index contributed by atoms with van der Waals surface area (Å²) < 4.78 is 0.990. The molecule has 1 aliphatic carbocycles. The van der Waals surface area contributed by atoms with Crippen LogP contribution < -0.4 is 0 Å². The molecule has 0 aromatic rings. The number of rotatable bonds is 2. The topological polar surface area (TPSA) is 0 Å². The van der Waals surface area contributed by atoms with E-state index in [2.05, 4.69) is 26.9 Å². The molecule has 1 fully saturated rings. The molecule has 0 aliphatic heterocycles. The van der Waals surface area contributed by atoms with E-state index >= 15 is 0 Å². The first-order valence-electron chi connectivity index (χ1n) is 3.78. The number of quaternary nitrogens is 1. The van der Waals surface area contributed by atoms with E-state index in [1.165, 1.54) is 12.8 Å². The smallest absolute Gasteiger partial charge is 0.140 e. The molecule has 0 saturated heterocycles. The third-order valence-electron chi connectivity index (χ3n) is 2.92. The summed E-state index contributed by atoms with van der Waals surface area (Å²) in [5.41, 5.74) is 0.492. The van der Waals surface area contributed by atoms with Crippen molar-refractivity contribution in [2.75, 3.05) is 20.6 Å². The molecule has 56 valence electrons. The SMILES string of the molecule is C#CC[N+](C)(C)C1(C)CC1. The van der Waals surface area contributed by atoms with Crippen LogP contribution in [0.5, 0.6) is 0 Å². The van der Waals surface area contributed by atoms with E-state index in [0.717, 1.165) is 11.0 Å². The summed E-state index contributed by atoms with van der Waals surface area (Å²) in [5.74, 6) is 2.73. The Kier molecular flexibility index (Phi) is 1.53. The largest absolute Gasteiger partial charge is 0.314 e. The second-order valence-corrected chi connectivity index (χ2v) is 4.04. The molecule has 1 aliphatic rings. The average molecular weight is 138 g/mol. The van der Waals surface area contributed by atoms with Gasteiger partial charge in [-0.15, -0.1) is 6.42 Å². The van der Waals surface area contributed by atoms with Gasteiger partial charge in [-0.05, 0) is 12.8 Å². The maximum atomic E-state index is 5.27. The van der Waals surface area contributed by atoms with Crippen molar-refractivity contribution >= 4 is 0 Å². The van der Waals surface area contributed by atoms with Crippen molar-refractivity contribution in [1.82, 2.24) is 0 Å². The second kappa shape index (κ2) is 2.00. The predicted octanol–water partition coefficient (Wildman–Crippen LogP) is 1.25. The molecule has 1 saturated carbocycles. The van der Waals surface area contributed by atoms with Crippen molar-refractivity contribution in [2.45, 2.75) is 25.3 Å². The standard InChI is InChI=1S/C9H16N/c1-5-8-10(3,4)9(2)6-7-9/h1H,6-8H2,2-4H3/q+1. The Hall–Kier alpha value is -0.480. The zero-order valence-corrected chi connectivity index (χ0v) is 7.15. The van der Waals surface area contributed by atoms with Crippen molar-refractivity contribution in [1.29, 1.82) is 0 Å². The summed E-state index contributed by atoms with van der Waals surface area (Å²) >= 11 is 0. The fraction of sp³-hybridized carbons (Fsp3) is 0.778. The van der Waals surface area contributed by atoms with Crippen LogP contribution in [0.25, 0.3) is 0 Å². The summed E-state index contributed by atoms with van der Waals surface area (Å²) in [7, 11) is 4.43. The molecule has 0 spiro atoms. The van der Waals surface area contributed by atoms with Crippen LogP contribution in [0.3, 0.4) is 0 Å². The van der Waals surface area contributed by atoms with Gasteiger partial charge in [-0.3, -0.25) is 0 Å². The fourth-order valence-electron chi connectivity index (χ4n) is 1.21. The quantitative estimate of drug-likeness (QED) is 0.398. The summed E-state index contributed by atoms with van der Waals surface area (Å²) in [6.45, 7) is 3.17. The molecule has 0 aromatic heterocycles. The first kappa shape index (κ1) is 7.63. The van der Waals surface area contributed by atoms with Gasteiger partial charge in [-0.2, -0.15) is 0 Å². The minimum absolute atomic E-state index is 0.492. The van der Waals surface area contributed by atoms with Crippen LogP contribution in [0.1, 0.15) is 19.8 Å². The van der Waals surface area contributed by atoms with Gasteiger partial charge in [0.2, 0.25) is 0 Å². The third kappa shape index (κ3) is 1.04. The van der Waals surface area contributed by atoms with Crippen molar-refractivity contribution in [3.63, 3.8) is 0 Å². The molecule has 1 nitrogen and oxygen atoms in total. The van der Waals surface area contributed by atoms with Gasteiger partial charge in [0.15, 0.2) is 0 Å². The molecule has 1 heteroatoms. The molecule has 0 amide bonds. The van der Waals surface area contributed by atoms with Crippen molar-refractivity contribution in [3.05, 3.63) is 0 Å². The zero-order valence-electron chi connectivity index (χ0n) is 7.15. The van der Waals surface area contributed by atoms with Gasteiger partial charge < -0.3 is 4.48 Å². The lowest BCUT2D eigenvalue weighted by molar-refractivity contribution is -0.917. The fourth-order valence-corrected chi connectivity index (χ4v) is 1.21. The molecule has 0 N–H and O–H groups in total. The van der Waals surface area contributed by atoms with E-state index in [-0.39, 0.29) is 0 Å².